The fraction of sp³-hybridized carbons (Fsp3) is 0.192. The lowest BCUT2D eigenvalue weighted by molar-refractivity contribution is -0.122. The highest BCUT2D eigenvalue weighted by atomic mass is 16.6. The van der Waals surface area contributed by atoms with Crippen LogP contribution in [0.5, 0.6) is 11.5 Å². The fourth-order valence-corrected chi connectivity index (χ4v) is 4.41. The Kier molecular flexibility index (Phi) is 4.91. The van der Waals surface area contributed by atoms with Crippen molar-refractivity contribution in [3.8, 4) is 22.9 Å². The number of aromatic amines is 1. The lowest BCUT2D eigenvalue weighted by Crippen LogP contribution is -2.28. The topological polar surface area (TPSA) is 96.5 Å². The smallest absolute Gasteiger partial charge is 0.229 e. The maximum absolute atomic E-state index is 13.0. The minimum atomic E-state index is -0.449. The van der Waals surface area contributed by atoms with Crippen LogP contribution >= 0.6 is 0 Å². The Morgan fingerprint density at radius 2 is 1.85 bits per heavy atom. The lowest BCUT2D eigenvalue weighted by atomic mass is 10.1. The summed E-state index contributed by atoms with van der Waals surface area (Å²) < 4.78 is 11.2. The number of hydrogen-bond acceptors (Lipinski definition) is 5. The van der Waals surface area contributed by atoms with Crippen LogP contribution in [0.25, 0.3) is 22.4 Å². The molecule has 0 aliphatic carbocycles. The molecule has 1 atom stereocenters. The van der Waals surface area contributed by atoms with Crippen molar-refractivity contribution in [2.75, 3.05) is 30.0 Å². The zero-order valence-electron chi connectivity index (χ0n) is 18.3. The Balaban J connectivity index is 1.17. The van der Waals surface area contributed by atoms with E-state index in [1.807, 2.05) is 54.6 Å². The van der Waals surface area contributed by atoms with Crippen LogP contribution in [0.4, 0.5) is 11.4 Å². The molecule has 3 heterocycles. The highest BCUT2D eigenvalue weighted by Gasteiger charge is 2.35. The summed E-state index contributed by atoms with van der Waals surface area (Å²) in [5, 5.41) is 2.97. The van der Waals surface area contributed by atoms with E-state index in [-0.39, 0.29) is 18.2 Å². The van der Waals surface area contributed by atoms with Crippen molar-refractivity contribution >= 4 is 34.2 Å². The number of benzene rings is 3. The largest absolute Gasteiger partial charge is 0.486 e. The molecule has 2 aliphatic heterocycles. The van der Waals surface area contributed by atoms with Crippen molar-refractivity contribution in [3.05, 3.63) is 66.7 Å². The van der Waals surface area contributed by atoms with Crippen LogP contribution in [0.3, 0.4) is 0 Å². The predicted molar refractivity (Wildman–Crippen MR) is 128 cm³/mol. The molecule has 1 saturated heterocycles. The average Bonchev–Trinajstić information content (AvgIpc) is 3.48. The maximum atomic E-state index is 13.0. The van der Waals surface area contributed by atoms with E-state index in [0.717, 1.165) is 22.4 Å². The summed E-state index contributed by atoms with van der Waals surface area (Å²) in [4.78, 5) is 35.3. The van der Waals surface area contributed by atoms with Gasteiger partial charge in [-0.05, 0) is 36.4 Å². The first kappa shape index (κ1) is 20.3. The van der Waals surface area contributed by atoms with E-state index in [2.05, 4.69) is 15.3 Å². The van der Waals surface area contributed by atoms with Crippen LogP contribution in [-0.2, 0) is 9.59 Å². The van der Waals surface area contributed by atoms with Crippen LogP contribution in [0.2, 0.25) is 0 Å². The SMILES string of the molecule is O=C(Nc1cccc(-c2nc3ccccc3[nH]2)c1)[C@@H]1CC(=O)N(c2ccc3c(c2)OCCO3)C1. The van der Waals surface area contributed by atoms with E-state index >= 15 is 0 Å². The number of rotatable bonds is 4. The highest BCUT2D eigenvalue weighted by molar-refractivity contribution is 6.03. The first-order valence-electron chi connectivity index (χ1n) is 11.2. The number of amides is 2. The van der Waals surface area contributed by atoms with Crippen molar-refractivity contribution in [1.29, 1.82) is 0 Å². The van der Waals surface area contributed by atoms with Crippen LogP contribution in [-0.4, -0.2) is 41.5 Å². The van der Waals surface area contributed by atoms with Crippen LogP contribution in [0, 0.1) is 5.92 Å². The summed E-state index contributed by atoms with van der Waals surface area (Å²) in [7, 11) is 0. The van der Waals surface area contributed by atoms with Crippen molar-refractivity contribution in [2.24, 2.45) is 5.92 Å². The van der Waals surface area contributed by atoms with E-state index in [1.54, 1.807) is 17.0 Å². The molecule has 4 aromatic rings. The molecular formula is C26H22N4O4. The minimum absolute atomic E-state index is 0.0899. The summed E-state index contributed by atoms with van der Waals surface area (Å²) in [6, 6.07) is 20.8. The molecule has 8 nitrogen and oxygen atoms in total. The zero-order valence-corrected chi connectivity index (χ0v) is 18.3. The number of nitrogens with zero attached hydrogens (tertiary/aromatic N) is 2. The molecule has 0 unspecified atom stereocenters. The number of H-pyrrole nitrogens is 1. The van der Waals surface area contributed by atoms with E-state index in [0.29, 0.717) is 42.6 Å². The van der Waals surface area contributed by atoms with Gasteiger partial charge in [-0.3, -0.25) is 9.59 Å². The lowest BCUT2D eigenvalue weighted by Gasteiger charge is -2.22. The Morgan fingerprint density at radius 3 is 2.74 bits per heavy atom. The van der Waals surface area contributed by atoms with Gasteiger partial charge in [0.05, 0.1) is 17.0 Å². The van der Waals surface area contributed by atoms with Crippen molar-refractivity contribution in [3.63, 3.8) is 0 Å². The van der Waals surface area contributed by atoms with Gasteiger partial charge in [0, 0.05) is 36.0 Å². The maximum Gasteiger partial charge on any atom is 0.229 e. The second-order valence-corrected chi connectivity index (χ2v) is 8.41. The Morgan fingerprint density at radius 1 is 1.00 bits per heavy atom. The first-order valence-corrected chi connectivity index (χ1v) is 11.2. The summed E-state index contributed by atoms with van der Waals surface area (Å²) in [6.45, 7) is 1.30. The third-order valence-electron chi connectivity index (χ3n) is 6.13. The number of anilines is 2. The Hall–Kier alpha value is -4.33. The van der Waals surface area contributed by atoms with E-state index < -0.39 is 5.92 Å². The molecular weight excluding hydrogens is 432 g/mol. The minimum Gasteiger partial charge on any atom is -0.486 e. The van der Waals surface area contributed by atoms with E-state index in [1.165, 1.54) is 0 Å². The fourth-order valence-electron chi connectivity index (χ4n) is 4.41. The van der Waals surface area contributed by atoms with E-state index in [9.17, 15) is 9.59 Å². The quantitative estimate of drug-likeness (QED) is 0.486. The zero-order chi connectivity index (χ0) is 23.1. The number of carbonyl (C=O) groups is 2. The molecule has 3 aromatic carbocycles. The third-order valence-corrected chi connectivity index (χ3v) is 6.13. The van der Waals surface area contributed by atoms with Gasteiger partial charge in [-0.2, -0.15) is 0 Å². The number of nitrogens with one attached hydrogen (secondary N) is 2. The molecule has 2 amide bonds. The van der Waals surface area contributed by atoms with Gasteiger partial charge < -0.3 is 24.7 Å². The van der Waals surface area contributed by atoms with Gasteiger partial charge in [-0.1, -0.05) is 24.3 Å². The molecule has 2 aliphatic rings. The number of carbonyl (C=O) groups excluding carboxylic acids is 2. The number of fused-ring (bicyclic) bond motifs is 2. The molecule has 0 radical (unpaired) electrons. The molecule has 0 spiro atoms. The highest BCUT2D eigenvalue weighted by Crippen LogP contribution is 2.36. The van der Waals surface area contributed by atoms with Gasteiger partial charge in [0.15, 0.2) is 11.5 Å². The molecule has 2 N–H and O–H groups in total. The summed E-state index contributed by atoms with van der Waals surface area (Å²) >= 11 is 0. The molecule has 0 bridgehead atoms. The van der Waals surface area contributed by atoms with Gasteiger partial charge in [0.2, 0.25) is 11.8 Å². The second-order valence-electron chi connectivity index (χ2n) is 8.41. The number of aromatic nitrogens is 2. The van der Waals surface area contributed by atoms with Gasteiger partial charge in [0.1, 0.15) is 19.0 Å². The van der Waals surface area contributed by atoms with Crippen LogP contribution in [0.15, 0.2) is 66.7 Å². The molecule has 6 rings (SSSR count). The molecule has 8 heteroatoms. The number of hydrogen-bond donors (Lipinski definition) is 2. The van der Waals surface area contributed by atoms with Crippen molar-refractivity contribution < 1.29 is 19.1 Å². The third kappa shape index (κ3) is 3.73. The molecule has 0 saturated carbocycles. The second kappa shape index (κ2) is 8.22. The predicted octanol–water partition coefficient (Wildman–Crippen LogP) is 3.99. The van der Waals surface area contributed by atoms with Gasteiger partial charge in [-0.15, -0.1) is 0 Å². The molecule has 34 heavy (non-hydrogen) atoms. The molecule has 1 aromatic heterocycles. The van der Waals surface area contributed by atoms with Crippen molar-refractivity contribution in [1.82, 2.24) is 9.97 Å². The summed E-state index contributed by atoms with van der Waals surface area (Å²) in [5.74, 6) is 1.30. The summed E-state index contributed by atoms with van der Waals surface area (Å²) in [5.41, 5.74) is 4.07. The summed E-state index contributed by atoms with van der Waals surface area (Å²) in [6.07, 6.45) is 0.156. The normalized spacial score (nSPS) is 17.2. The van der Waals surface area contributed by atoms with Crippen molar-refractivity contribution in [2.45, 2.75) is 6.42 Å². The van der Waals surface area contributed by atoms with Crippen LogP contribution in [0.1, 0.15) is 6.42 Å². The standard InChI is InChI=1S/C26H22N4O4/c31-24-13-17(15-30(24)19-8-9-22-23(14-19)34-11-10-33-22)26(32)27-18-5-3-4-16(12-18)25-28-20-6-1-2-7-21(20)29-25/h1-9,12,14,17H,10-11,13,15H2,(H,27,32)(H,28,29)/t17-/m1/s1. The average molecular weight is 454 g/mol. The monoisotopic (exact) mass is 454 g/mol. The Labute approximate surface area is 195 Å². The van der Waals surface area contributed by atoms with E-state index in [4.69, 9.17) is 9.47 Å². The first-order chi connectivity index (χ1) is 16.6. The molecule has 170 valence electrons. The van der Waals surface area contributed by atoms with Gasteiger partial charge >= 0.3 is 0 Å². The van der Waals surface area contributed by atoms with Gasteiger partial charge in [0.25, 0.3) is 0 Å². The van der Waals surface area contributed by atoms with Gasteiger partial charge in [-0.25, -0.2) is 4.98 Å². The number of ether oxygens (including phenoxy) is 2. The number of imidazole rings is 1. The molecule has 1 fully saturated rings. The number of para-hydroxylation sites is 2. The Bertz CT molecular complexity index is 1380. The van der Waals surface area contributed by atoms with Crippen LogP contribution < -0.4 is 19.7 Å².